The van der Waals surface area contributed by atoms with Gasteiger partial charge in [-0.25, -0.2) is 0 Å². The first-order valence-electron chi connectivity index (χ1n) is 12.7. The van der Waals surface area contributed by atoms with E-state index >= 15 is 0 Å². The molecular formula is C24H46N2O2+2. The molecule has 2 unspecified atom stereocenters. The SMILES string of the molecule is OC[C@@H]1CC[N+]2(CCCCCCCC[N+]34CCC[C@@H]3[C@H](CO)CC4)CCC[C@H]12. The highest BCUT2D eigenvalue weighted by Gasteiger charge is 2.51. The second-order valence-electron chi connectivity index (χ2n) is 10.8. The number of quaternary nitrogens is 2. The van der Waals surface area contributed by atoms with Gasteiger partial charge in [0.2, 0.25) is 0 Å². The third-order valence-electron chi connectivity index (χ3n) is 9.52. The van der Waals surface area contributed by atoms with Crippen LogP contribution in [0.3, 0.4) is 0 Å². The van der Waals surface area contributed by atoms with Crippen molar-refractivity contribution < 1.29 is 19.2 Å². The van der Waals surface area contributed by atoms with E-state index in [4.69, 9.17) is 0 Å². The van der Waals surface area contributed by atoms with E-state index in [9.17, 15) is 10.2 Å². The molecule has 0 aromatic carbocycles. The monoisotopic (exact) mass is 394 g/mol. The zero-order valence-electron chi connectivity index (χ0n) is 18.2. The maximum atomic E-state index is 9.66. The van der Waals surface area contributed by atoms with Crippen molar-refractivity contribution in [2.24, 2.45) is 11.8 Å². The van der Waals surface area contributed by atoms with Gasteiger partial charge in [0.05, 0.1) is 64.6 Å². The Labute approximate surface area is 173 Å². The molecule has 4 rings (SSSR count). The quantitative estimate of drug-likeness (QED) is 0.417. The molecule has 162 valence electrons. The molecule has 6 atom stereocenters. The summed E-state index contributed by atoms with van der Waals surface area (Å²) in [6.45, 7) is 9.05. The van der Waals surface area contributed by atoms with Crippen molar-refractivity contribution >= 4 is 0 Å². The summed E-state index contributed by atoms with van der Waals surface area (Å²) in [5.41, 5.74) is 0. The van der Waals surface area contributed by atoms with E-state index in [1.807, 2.05) is 0 Å². The first kappa shape index (κ1) is 21.1. The third kappa shape index (κ3) is 4.04. The molecular weight excluding hydrogens is 348 g/mol. The van der Waals surface area contributed by atoms with Gasteiger partial charge in [0.25, 0.3) is 0 Å². The van der Waals surface area contributed by atoms with Crippen LogP contribution < -0.4 is 0 Å². The zero-order chi connectivity index (χ0) is 19.5. The van der Waals surface area contributed by atoms with Crippen LogP contribution in [0.4, 0.5) is 0 Å². The molecule has 4 aliphatic rings. The summed E-state index contributed by atoms with van der Waals surface area (Å²) in [7, 11) is 0. The molecule has 0 bridgehead atoms. The highest BCUT2D eigenvalue weighted by atomic mass is 16.3. The van der Waals surface area contributed by atoms with E-state index in [-0.39, 0.29) is 0 Å². The molecule has 4 heterocycles. The number of aliphatic hydroxyl groups is 2. The van der Waals surface area contributed by atoms with Crippen LogP contribution in [0.1, 0.15) is 77.0 Å². The first-order chi connectivity index (χ1) is 13.7. The smallest absolute Gasteiger partial charge is 0.0945 e. The highest BCUT2D eigenvalue weighted by molar-refractivity contribution is 4.83. The van der Waals surface area contributed by atoms with Crippen molar-refractivity contribution in [2.75, 3.05) is 52.5 Å². The van der Waals surface area contributed by atoms with Gasteiger partial charge in [-0.05, 0) is 25.7 Å². The number of hydrogen-bond donors (Lipinski definition) is 2. The van der Waals surface area contributed by atoms with Crippen LogP contribution in [0.25, 0.3) is 0 Å². The topological polar surface area (TPSA) is 40.5 Å². The molecule has 0 spiro atoms. The Morgan fingerprint density at radius 2 is 0.964 bits per heavy atom. The Morgan fingerprint density at radius 1 is 0.536 bits per heavy atom. The Hall–Kier alpha value is -0.160. The van der Waals surface area contributed by atoms with E-state index in [0.717, 1.165) is 12.1 Å². The lowest BCUT2D eigenvalue weighted by atomic mass is 9.99. The molecule has 0 aliphatic carbocycles. The van der Waals surface area contributed by atoms with E-state index < -0.39 is 0 Å². The lowest BCUT2D eigenvalue weighted by Crippen LogP contribution is -2.49. The number of hydrogen-bond acceptors (Lipinski definition) is 2. The number of rotatable bonds is 11. The lowest BCUT2D eigenvalue weighted by Gasteiger charge is -2.36. The first-order valence-corrected chi connectivity index (χ1v) is 12.7. The summed E-state index contributed by atoms with van der Waals surface area (Å²) < 4.78 is 2.72. The van der Waals surface area contributed by atoms with Crippen molar-refractivity contribution in [1.29, 1.82) is 0 Å². The van der Waals surface area contributed by atoms with Crippen molar-refractivity contribution in [3.8, 4) is 0 Å². The molecule has 2 N–H and O–H groups in total. The van der Waals surface area contributed by atoms with Gasteiger partial charge in [-0.15, -0.1) is 0 Å². The molecule has 0 aromatic rings. The van der Waals surface area contributed by atoms with E-state index in [1.165, 1.54) is 125 Å². The molecule has 4 nitrogen and oxygen atoms in total. The van der Waals surface area contributed by atoms with Crippen LogP contribution in [-0.4, -0.2) is 83.7 Å². The van der Waals surface area contributed by atoms with Crippen LogP contribution in [0.2, 0.25) is 0 Å². The summed E-state index contributed by atoms with van der Waals surface area (Å²) in [6.07, 6.45) is 16.5. The molecule has 0 amide bonds. The zero-order valence-corrected chi connectivity index (χ0v) is 18.2. The van der Waals surface area contributed by atoms with Gasteiger partial charge in [0.1, 0.15) is 0 Å². The largest absolute Gasteiger partial charge is 0.396 e. The van der Waals surface area contributed by atoms with Crippen LogP contribution >= 0.6 is 0 Å². The highest BCUT2D eigenvalue weighted by Crippen LogP contribution is 2.41. The van der Waals surface area contributed by atoms with Gasteiger partial charge in [-0.1, -0.05) is 12.8 Å². The fourth-order valence-corrected chi connectivity index (χ4v) is 8.03. The fraction of sp³-hybridized carbons (Fsp3) is 1.00. The Balaban J connectivity index is 1.09. The number of unbranched alkanes of at least 4 members (excludes halogenated alkanes) is 5. The van der Waals surface area contributed by atoms with Crippen molar-refractivity contribution in [3.05, 3.63) is 0 Å². The van der Waals surface area contributed by atoms with E-state index in [0.29, 0.717) is 25.0 Å². The van der Waals surface area contributed by atoms with Crippen molar-refractivity contribution in [1.82, 2.24) is 0 Å². The standard InChI is InChI=1S/C24H46N2O2/c27-19-21-11-17-25(15-7-9-23(21)25)13-5-3-1-2-4-6-14-26-16-8-10-24(26)22(20-28)12-18-26/h21-24,27-28H,1-20H2/q+2/t21-,22-,23+,24+,25?,26?/m0/s1. The predicted molar refractivity (Wildman–Crippen MR) is 114 cm³/mol. The lowest BCUT2D eigenvalue weighted by molar-refractivity contribution is -0.929. The summed E-state index contributed by atoms with van der Waals surface area (Å²) in [6, 6.07) is 1.58. The third-order valence-corrected chi connectivity index (χ3v) is 9.52. The molecule has 28 heavy (non-hydrogen) atoms. The maximum Gasteiger partial charge on any atom is 0.0945 e. The fourth-order valence-electron chi connectivity index (χ4n) is 8.03. The number of aliphatic hydroxyl groups excluding tert-OH is 2. The summed E-state index contributed by atoms with van der Waals surface area (Å²) >= 11 is 0. The Kier molecular flexibility index (Phi) is 7.02. The molecule has 4 saturated heterocycles. The van der Waals surface area contributed by atoms with Gasteiger partial charge in [0.15, 0.2) is 0 Å². The van der Waals surface area contributed by atoms with E-state index in [1.54, 1.807) is 0 Å². The van der Waals surface area contributed by atoms with Gasteiger partial charge in [0, 0.05) is 50.4 Å². The average molecular weight is 395 g/mol. The maximum absolute atomic E-state index is 9.66. The van der Waals surface area contributed by atoms with Gasteiger partial charge in [-0.2, -0.15) is 0 Å². The van der Waals surface area contributed by atoms with Crippen molar-refractivity contribution in [3.63, 3.8) is 0 Å². The minimum atomic E-state index is 0.421. The van der Waals surface area contributed by atoms with Crippen molar-refractivity contribution in [2.45, 2.75) is 89.1 Å². The van der Waals surface area contributed by atoms with Gasteiger partial charge < -0.3 is 19.2 Å². The van der Waals surface area contributed by atoms with E-state index in [2.05, 4.69) is 0 Å². The minimum absolute atomic E-state index is 0.421. The number of fused-ring (bicyclic) bond motifs is 2. The molecule has 0 saturated carbocycles. The van der Waals surface area contributed by atoms with Gasteiger partial charge >= 0.3 is 0 Å². The Bertz CT molecular complexity index is 457. The molecule has 4 aliphatic heterocycles. The predicted octanol–water partition coefficient (Wildman–Crippen LogP) is 3.31. The molecule has 0 aromatic heterocycles. The average Bonchev–Trinajstić information content (AvgIpc) is 3.43. The second kappa shape index (κ2) is 9.32. The van der Waals surface area contributed by atoms with Crippen LogP contribution in [0.15, 0.2) is 0 Å². The minimum Gasteiger partial charge on any atom is -0.396 e. The van der Waals surface area contributed by atoms with Crippen LogP contribution in [0, 0.1) is 11.8 Å². The van der Waals surface area contributed by atoms with Gasteiger partial charge in [-0.3, -0.25) is 0 Å². The summed E-state index contributed by atoms with van der Waals surface area (Å²) in [4.78, 5) is 0. The summed E-state index contributed by atoms with van der Waals surface area (Å²) in [5, 5.41) is 19.3. The summed E-state index contributed by atoms with van der Waals surface area (Å²) in [5.74, 6) is 1.20. The normalized spacial score (nSPS) is 42.2. The Morgan fingerprint density at radius 3 is 1.39 bits per heavy atom. The molecule has 4 fully saturated rings. The van der Waals surface area contributed by atoms with Crippen LogP contribution in [-0.2, 0) is 0 Å². The van der Waals surface area contributed by atoms with Crippen LogP contribution in [0.5, 0.6) is 0 Å². The molecule has 0 radical (unpaired) electrons. The molecule has 4 heteroatoms. The second-order valence-corrected chi connectivity index (χ2v) is 10.8. The number of nitrogens with zero attached hydrogens (tertiary/aromatic N) is 2.